The lowest BCUT2D eigenvalue weighted by atomic mass is 9.95. The molecule has 0 radical (unpaired) electrons. The summed E-state index contributed by atoms with van der Waals surface area (Å²) in [6.45, 7) is 1.84. The number of hydrogen-bond acceptors (Lipinski definition) is 5. The van der Waals surface area contributed by atoms with Gasteiger partial charge in [-0.2, -0.15) is 0 Å². The maximum absolute atomic E-state index is 12.8. The number of imidazole rings is 1. The van der Waals surface area contributed by atoms with Crippen LogP contribution in [0.2, 0.25) is 0 Å². The van der Waals surface area contributed by atoms with Crippen LogP contribution in [0.1, 0.15) is 40.8 Å². The van der Waals surface area contributed by atoms with Gasteiger partial charge in [0.15, 0.2) is 0 Å². The largest absolute Gasteiger partial charge is 0.480 e. The zero-order valence-electron chi connectivity index (χ0n) is 15.4. The summed E-state index contributed by atoms with van der Waals surface area (Å²) in [6, 6.07) is 2.88. The predicted octanol–water partition coefficient (Wildman–Crippen LogP) is 1.22. The molecule has 8 heteroatoms. The van der Waals surface area contributed by atoms with Gasteiger partial charge in [-0.1, -0.05) is 0 Å². The van der Waals surface area contributed by atoms with E-state index in [-0.39, 0.29) is 29.8 Å². The minimum Gasteiger partial charge on any atom is -0.480 e. The van der Waals surface area contributed by atoms with Crippen LogP contribution in [0.25, 0.3) is 0 Å². The summed E-state index contributed by atoms with van der Waals surface area (Å²) in [6.07, 6.45) is 4.45. The molecule has 8 nitrogen and oxygen atoms in total. The third-order valence-corrected chi connectivity index (χ3v) is 4.74. The number of likely N-dealkylation sites (tertiary alicyclic amines) is 1. The number of amides is 2. The van der Waals surface area contributed by atoms with E-state index in [2.05, 4.69) is 15.3 Å². The summed E-state index contributed by atoms with van der Waals surface area (Å²) in [7, 11) is 5.11. The van der Waals surface area contributed by atoms with Crippen molar-refractivity contribution in [2.75, 3.05) is 14.2 Å². The Balaban J connectivity index is 1.88. The average Bonchev–Trinajstić information content (AvgIpc) is 3.03. The van der Waals surface area contributed by atoms with Gasteiger partial charge in [0.2, 0.25) is 11.8 Å². The van der Waals surface area contributed by atoms with Crippen LogP contribution in [0.3, 0.4) is 0 Å². The SMILES string of the molecule is COc1nc(C)ccc1C(=O)N[C@@H]1CCC(=O)N(C)[C@H]1c1nccn1C. The number of nitrogens with one attached hydrogen (secondary N) is 1. The quantitative estimate of drug-likeness (QED) is 0.889. The van der Waals surface area contributed by atoms with Crippen LogP contribution < -0.4 is 10.1 Å². The first-order chi connectivity index (χ1) is 12.4. The molecule has 2 amide bonds. The summed E-state index contributed by atoms with van der Waals surface area (Å²) in [5.74, 6) is 0.788. The van der Waals surface area contributed by atoms with Crippen LogP contribution in [-0.2, 0) is 11.8 Å². The fourth-order valence-corrected chi connectivity index (χ4v) is 3.31. The van der Waals surface area contributed by atoms with Crippen molar-refractivity contribution >= 4 is 11.8 Å². The lowest BCUT2D eigenvalue weighted by Crippen LogP contribution is -2.51. The van der Waals surface area contributed by atoms with E-state index in [1.165, 1.54) is 7.11 Å². The number of ether oxygens (including phenoxy) is 1. The van der Waals surface area contributed by atoms with E-state index in [1.54, 1.807) is 30.3 Å². The highest BCUT2D eigenvalue weighted by atomic mass is 16.5. The molecule has 2 aromatic heterocycles. The third kappa shape index (κ3) is 3.26. The molecular formula is C18H23N5O3. The second-order valence-electron chi connectivity index (χ2n) is 6.47. The lowest BCUT2D eigenvalue weighted by molar-refractivity contribution is -0.136. The van der Waals surface area contributed by atoms with Gasteiger partial charge in [0.25, 0.3) is 5.91 Å². The normalized spacial score (nSPS) is 20.2. The highest BCUT2D eigenvalue weighted by Gasteiger charge is 2.38. The van der Waals surface area contributed by atoms with E-state index >= 15 is 0 Å². The standard InChI is InChI=1S/C18H23N5O3/c1-11-5-6-12(18(20-11)26-4)17(25)21-13-7-8-14(24)23(3)15(13)16-19-9-10-22(16)2/h5-6,9-10,13,15H,7-8H2,1-4H3,(H,21,25)/t13-,15-/m1/s1. The Morgan fingerprint density at radius 1 is 1.35 bits per heavy atom. The Hall–Kier alpha value is -2.90. The molecule has 0 saturated carbocycles. The number of rotatable bonds is 4. The van der Waals surface area contributed by atoms with Crippen molar-refractivity contribution in [2.24, 2.45) is 7.05 Å². The molecule has 0 aromatic carbocycles. The first kappa shape index (κ1) is 17.9. The molecule has 0 aliphatic carbocycles. The van der Waals surface area contributed by atoms with Gasteiger partial charge in [0.05, 0.1) is 13.2 Å². The average molecular weight is 357 g/mol. The smallest absolute Gasteiger partial charge is 0.257 e. The van der Waals surface area contributed by atoms with E-state index in [0.29, 0.717) is 18.4 Å². The summed E-state index contributed by atoms with van der Waals surface area (Å²) in [5.41, 5.74) is 1.14. The van der Waals surface area contributed by atoms with Gasteiger partial charge in [0.1, 0.15) is 17.4 Å². The molecule has 0 bridgehead atoms. The number of piperidine rings is 1. The lowest BCUT2D eigenvalue weighted by Gasteiger charge is -2.38. The molecule has 0 spiro atoms. The van der Waals surface area contributed by atoms with Crippen LogP contribution in [0, 0.1) is 6.92 Å². The molecule has 26 heavy (non-hydrogen) atoms. The van der Waals surface area contributed by atoms with E-state index < -0.39 is 0 Å². The Labute approximate surface area is 152 Å². The molecule has 1 N–H and O–H groups in total. The Bertz CT molecular complexity index is 832. The minimum absolute atomic E-state index is 0.0399. The van der Waals surface area contributed by atoms with Crippen molar-refractivity contribution in [3.05, 3.63) is 41.6 Å². The molecule has 138 valence electrons. The summed E-state index contributed by atoms with van der Waals surface area (Å²) < 4.78 is 7.11. The van der Waals surface area contributed by atoms with Gasteiger partial charge >= 0.3 is 0 Å². The van der Waals surface area contributed by atoms with E-state index in [0.717, 1.165) is 11.5 Å². The molecule has 3 rings (SSSR count). The number of carbonyl (C=O) groups excluding carboxylic acids is 2. The van der Waals surface area contributed by atoms with Gasteiger partial charge in [-0.05, 0) is 25.5 Å². The number of carbonyl (C=O) groups is 2. The van der Waals surface area contributed by atoms with Gasteiger partial charge in [-0.15, -0.1) is 0 Å². The third-order valence-electron chi connectivity index (χ3n) is 4.74. The van der Waals surface area contributed by atoms with Crippen LogP contribution >= 0.6 is 0 Å². The highest BCUT2D eigenvalue weighted by molar-refractivity contribution is 5.96. The molecule has 1 aliphatic heterocycles. The molecule has 2 aromatic rings. The van der Waals surface area contributed by atoms with Crippen LogP contribution in [-0.4, -0.2) is 51.4 Å². The minimum atomic E-state index is -0.329. The monoisotopic (exact) mass is 357 g/mol. The van der Waals surface area contributed by atoms with Crippen molar-refractivity contribution in [1.29, 1.82) is 0 Å². The van der Waals surface area contributed by atoms with Gasteiger partial charge in [-0.25, -0.2) is 9.97 Å². The zero-order chi connectivity index (χ0) is 18.8. The highest BCUT2D eigenvalue weighted by Crippen LogP contribution is 2.30. The fourth-order valence-electron chi connectivity index (χ4n) is 3.31. The number of aryl methyl sites for hydroxylation is 2. The number of aromatic nitrogens is 3. The maximum Gasteiger partial charge on any atom is 0.257 e. The van der Waals surface area contributed by atoms with E-state index in [4.69, 9.17) is 4.74 Å². The van der Waals surface area contributed by atoms with Gasteiger partial charge < -0.3 is 19.5 Å². The number of nitrogens with zero attached hydrogens (tertiary/aromatic N) is 4. The molecule has 1 aliphatic rings. The Kier molecular flexibility index (Phi) is 4.92. The first-order valence-electron chi connectivity index (χ1n) is 8.47. The molecule has 1 saturated heterocycles. The summed E-state index contributed by atoms with van der Waals surface area (Å²) in [5, 5.41) is 3.04. The van der Waals surface area contributed by atoms with Crippen molar-refractivity contribution < 1.29 is 14.3 Å². The Morgan fingerprint density at radius 2 is 2.12 bits per heavy atom. The van der Waals surface area contributed by atoms with Crippen molar-refractivity contribution in [3.63, 3.8) is 0 Å². The van der Waals surface area contributed by atoms with Crippen molar-refractivity contribution in [3.8, 4) is 5.88 Å². The van der Waals surface area contributed by atoms with Crippen molar-refractivity contribution in [1.82, 2.24) is 24.8 Å². The molecule has 1 fully saturated rings. The number of methoxy groups -OCH3 is 1. The second kappa shape index (κ2) is 7.15. The van der Waals surface area contributed by atoms with E-state index in [9.17, 15) is 9.59 Å². The summed E-state index contributed by atoms with van der Waals surface area (Å²) >= 11 is 0. The van der Waals surface area contributed by atoms with Gasteiger partial charge in [-0.3, -0.25) is 9.59 Å². The maximum atomic E-state index is 12.8. The molecule has 2 atom stereocenters. The van der Waals surface area contributed by atoms with Crippen LogP contribution in [0.5, 0.6) is 5.88 Å². The summed E-state index contributed by atoms with van der Waals surface area (Å²) in [4.78, 5) is 35.3. The van der Waals surface area contributed by atoms with Crippen molar-refractivity contribution in [2.45, 2.75) is 31.8 Å². The second-order valence-corrected chi connectivity index (χ2v) is 6.47. The fraction of sp³-hybridized carbons (Fsp3) is 0.444. The predicted molar refractivity (Wildman–Crippen MR) is 94.7 cm³/mol. The molecule has 3 heterocycles. The zero-order valence-corrected chi connectivity index (χ0v) is 15.4. The number of pyridine rings is 1. The number of hydrogen-bond donors (Lipinski definition) is 1. The topological polar surface area (TPSA) is 89.3 Å². The van der Waals surface area contributed by atoms with Crippen LogP contribution in [0.4, 0.5) is 0 Å². The molecular weight excluding hydrogens is 334 g/mol. The molecule has 0 unspecified atom stereocenters. The number of likely N-dealkylation sites (N-methyl/N-ethyl adjacent to an activating group) is 1. The Morgan fingerprint density at radius 3 is 2.77 bits per heavy atom. The first-order valence-corrected chi connectivity index (χ1v) is 8.47. The van der Waals surface area contributed by atoms with E-state index in [1.807, 2.05) is 24.7 Å². The van der Waals surface area contributed by atoms with Crippen LogP contribution in [0.15, 0.2) is 24.5 Å². The van der Waals surface area contributed by atoms with Gasteiger partial charge in [0, 0.05) is 38.6 Å².